The minimum absolute atomic E-state index is 0.189. The molecule has 0 aliphatic carbocycles. The van der Waals surface area contributed by atoms with Crippen molar-refractivity contribution in [2.75, 3.05) is 45.4 Å². The number of benzene rings is 1. The first kappa shape index (κ1) is 16.4. The van der Waals surface area contributed by atoms with Gasteiger partial charge in [-0.25, -0.2) is 4.39 Å². The van der Waals surface area contributed by atoms with E-state index in [2.05, 4.69) is 15.9 Å². The van der Waals surface area contributed by atoms with Crippen molar-refractivity contribution in [3.05, 3.63) is 29.6 Å². The number of hydrogen-bond donors (Lipinski definition) is 0. The Hall–Kier alpha value is -0.650. The van der Waals surface area contributed by atoms with Crippen molar-refractivity contribution in [1.82, 2.24) is 0 Å². The van der Waals surface area contributed by atoms with Crippen molar-refractivity contribution in [2.45, 2.75) is 11.8 Å². The van der Waals surface area contributed by atoms with Crippen LogP contribution < -0.4 is 4.90 Å². The van der Waals surface area contributed by atoms with Gasteiger partial charge in [0.2, 0.25) is 0 Å². The number of methoxy groups -OCH3 is 2. The molecule has 1 aromatic carbocycles. The molecule has 0 atom stereocenters. The zero-order chi connectivity index (χ0) is 14.1. The highest BCUT2D eigenvalue weighted by molar-refractivity contribution is 9.08. The Kier molecular flexibility index (Phi) is 8.02. The molecule has 0 saturated heterocycles. The summed E-state index contributed by atoms with van der Waals surface area (Å²) in [6.45, 7) is 2.67. The third-order valence-corrected chi connectivity index (χ3v) is 3.50. The first-order valence-corrected chi connectivity index (χ1v) is 7.42. The van der Waals surface area contributed by atoms with Gasteiger partial charge < -0.3 is 14.4 Å². The van der Waals surface area contributed by atoms with Gasteiger partial charge in [0, 0.05) is 39.2 Å². The normalized spacial score (nSPS) is 10.7. The lowest BCUT2D eigenvalue weighted by Gasteiger charge is -2.25. The number of alkyl halides is 1. The van der Waals surface area contributed by atoms with E-state index in [0.717, 1.165) is 18.5 Å². The summed E-state index contributed by atoms with van der Waals surface area (Å²) in [6, 6.07) is 5.33. The molecule has 108 valence electrons. The van der Waals surface area contributed by atoms with Crippen LogP contribution in [-0.4, -0.2) is 40.5 Å². The summed E-state index contributed by atoms with van der Waals surface area (Å²) in [4.78, 5) is 2.00. The molecule has 0 bridgehead atoms. The van der Waals surface area contributed by atoms with E-state index in [9.17, 15) is 4.39 Å². The van der Waals surface area contributed by atoms with Gasteiger partial charge in [0.25, 0.3) is 0 Å². The summed E-state index contributed by atoms with van der Waals surface area (Å²) in [5, 5.41) is 0.659. The molecule has 0 aliphatic rings. The Morgan fingerprint density at radius 2 is 1.89 bits per heavy atom. The molecular weight excluding hydrogens is 313 g/mol. The fourth-order valence-electron chi connectivity index (χ4n) is 1.84. The van der Waals surface area contributed by atoms with Gasteiger partial charge in [0.05, 0.1) is 12.3 Å². The highest BCUT2D eigenvalue weighted by atomic mass is 79.9. The van der Waals surface area contributed by atoms with Crippen LogP contribution in [0.5, 0.6) is 0 Å². The molecular formula is C14H21BrFNO2. The zero-order valence-electron chi connectivity index (χ0n) is 11.5. The second-order valence-electron chi connectivity index (χ2n) is 4.25. The molecule has 5 heteroatoms. The van der Waals surface area contributed by atoms with Crippen molar-refractivity contribution < 1.29 is 13.9 Å². The number of ether oxygens (including phenoxy) is 2. The SMILES string of the molecule is COCCCN(CCOC)c1ccc(CBr)cc1F. The molecule has 0 spiro atoms. The molecule has 3 nitrogen and oxygen atoms in total. The van der Waals surface area contributed by atoms with Gasteiger partial charge in [-0.05, 0) is 24.1 Å². The fourth-order valence-corrected chi connectivity index (χ4v) is 2.19. The Bertz CT molecular complexity index is 376. The van der Waals surface area contributed by atoms with Gasteiger partial charge in [-0.15, -0.1) is 0 Å². The molecule has 0 amide bonds. The summed E-state index contributed by atoms with van der Waals surface area (Å²) in [5.41, 5.74) is 1.56. The van der Waals surface area contributed by atoms with Crippen molar-refractivity contribution in [1.29, 1.82) is 0 Å². The standard InChI is InChI=1S/C14H21BrFNO2/c1-18-8-3-6-17(7-9-19-2)14-5-4-12(11-15)10-13(14)16/h4-5,10H,3,6-9,11H2,1-2H3. The van der Waals surface area contributed by atoms with Crippen molar-refractivity contribution in [3.8, 4) is 0 Å². The molecule has 1 aromatic rings. The lowest BCUT2D eigenvalue weighted by Crippen LogP contribution is -2.29. The largest absolute Gasteiger partial charge is 0.385 e. The molecule has 0 fully saturated rings. The van der Waals surface area contributed by atoms with E-state index in [1.54, 1.807) is 20.3 Å². The van der Waals surface area contributed by atoms with E-state index in [1.165, 1.54) is 0 Å². The van der Waals surface area contributed by atoms with Crippen molar-refractivity contribution in [3.63, 3.8) is 0 Å². The monoisotopic (exact) mass is 333 g/mol. The summed E-state index contributed by atoms with van der Waals surface area (Å²) in [5.74, 6) is -0.189. The van der Waals surface area contributed by atoms with Crippen LogP contribution in [0.3, 0.4) is 0 Å². The van der Waals surface area contributed by atoms with Crippen molar-refractivity contribution in [2.24, 2.45) is 0 Å². The van der Waals surface area contributed by atoms with Crippen LogP contribution in [-0.2, 0) is 14.8 Å². The molecule has 0 heterocycles. The Labute approximate surface area is 122 Å². The van der Waals surface area contributed by atoms with Gasteiger partial charge in [-0.2, -0.15) is 0 Å². The van der Waals surface area contributed by atoms with Crippen molar-refractivity contribution >= 4 is 21.6 Å². The molecule has 0 N–H and O–H groups in total. The molecule has 0 aliphatic heterocycles. The lowest BCUT2D eigenvalue weighted by atomic mass is 10.2. The maximum absolute atomic E-state index is 14.1. The van der Waals surface area contributed by atoms with Crippen LogP contribution in [0.25, 0.3) is 0 Å². The van der Waals surface area contributed by atoms with Crippen LogP contribution in [0.15, 0.2) is 18.2 Å². The average Bonchev–Trinajstić information content (AvgIpc) is 2.43. The van der Waals surface area contributed by atoms with Crippen LogP contribution in [0.2, 0.25) is 0 Å². The summed E-state index contributed by atoms with van der Waals surface area (Å²) < 4.78 is 24.2. The quantitative estimate of drug-likeness (QED) is 0.511. The maximum atomic E-state index is 14.1. The molecule has 0 radical (unpaired) electrons. The van der Waals surface area contributed by atoms with E-state index >= 15 is 0 Å². The minimum Gasteiger partial charge on any atom is -0.385 e. The van der Waals surface area contributed by atoms with E-state index < -0.39 is 0 Å². The van der Waals surface area contributed by atoms with E-state index in [-0.39, 0.29) is 5.82 Å². The van der Waals surface area contributed by atoms with Crippen LogP contribution in [0.1, 0.15) is 12.0 Å². The number of halogens is 2. The van der Waals surface area contributed by atoms with Crippen LogP contribution >= 0.6 is 15.9 Å². The second-order valence-corrected chi connectivity index (χ2v) is 4.81. The first-order chi connectivity index (χ1) is 9.22. The highest BCUT2D eigenvalue weighted by Crippen LogP contribution is 2.22. The van der Waals surface area contributed by atoms with Crippen LogP contribution in [0.4, 0.5) is 10.1 Å². The Balaban J connectivity index is 2.77. The zero-order valence-corrected chi connectivity index (χ0v) is 13.1. The molecule has 0 aromatic heterocycles. The number of anilines is 1. The molecule has 1 rings (SSSR count). The Morgan fingerprint density at radius 1 is 1.16 bits per heavy atom. The van der Waals surface area contributed by atoms with Gasteiger partial charge >= 0.3 is 0 Å². The molecule has 0 saturated carbocycles. The highest BCUT2D eigenvalue weighted by Gasteiger charge is 2.11. The maximum Gasteiger partial charge on any atom is 0.146 e. The smallest absolute Gasteiger partial charge is 0.146 e. The van der Waals surface area contributed by atoms with Gasteiger partial charge in [0.15, 0.2) is 0 Å². The molecule has 0 unspecified atom stereocenters. The Morgan fingerprint density at radius 3 is 2.47 bits per heavy atom. The number of hydrogen-bond acceptors (Lipinski definition) is 3. The topological polar surface area (TPSA) is 21.7 Å². The van der Waals surface area contributed by atoms with Gasteiger partial charge in [-0.1, -0.05) is 22.0 Å². The first-order valence-electron chi connectivity index (χ1n) is 6.30. The van der Waals surface area contributed by atoms with E-state index in [0.29, 0.717) is 30.8 Å². The van der Waals surface area contributed by atoms with Gasteiger partial charge in [-0.3, -0.25) is 0 Å². The fraction of sp³-hybridized carbons (Fsp3) is 0.571. The summed E-state index contributed by atoms with van der Waals surface area (Å²) in [6.07, 6.45) is 0.861. The van der Waals surface area contributed by atoms with E-state index in [4.69, 9.17) is 9.47 Å². The third-order valence-electron chi connectivity index (χ3n) is 2.85. The lowest BCUT2D eigenvalue weighted by molar-refractivity contribution is 0.191. The predicted octanol–water partition coefficient (Wildman–Crippen LogP) is 3.21. The van der Waals surface area contributed by atoms with Gasteiger partial charge in [0.1, 0.15) is 5.82 Å². The minimum atomic E-state index is -0.189. The predicted molar refractivity (Wildman–Crippen MR) is 79.6 cm³/mol. The summed E-state index contributed by atoms with van der Waals surface area (Å²) in [7, 11) is 3.32. The third kappa shape index (κ3) is 5.47. The second kappa shape index (κ2) is 9.28. The summed E-state index contributed by atoms with van der Waals surface area (Å²) >= 11 is 3.33. The number of nitrogens with zero attached hydrogens (tertiary/aromatic N) is 1. The van der Waals surface area contributed by atoms with E-state index in [1.807, 2.05) is 17.0 Å². The molecule has 19 heavy (non-hydrogen) atoms. The average molecular weight is 334 g/mol. The number of rotatable bonds is 9. The van der Waals surface area contributed by atoms with Crippen LogP contribution in [0, 0.1) is 5.82 Å².